The smallest absolute Gasteiger partial charge is 0.199 e. The molecule has 0 spiro atoms. The molecule has 0 N–H and O–H groups in total. The van der Waals surface area contributed by atoms with Crippen molar-refractivity contribution >= 4 is 22.7 Å². The zero-order chi connectivity index (χ0) is 14.9. The van der Waals surface area contributed by atoms with Gasteiger partial charge in [-0.2, -0.15) is 0 Å². The van der Waals surface area contributed by atoms with Gasteiger partial charge in [-0.25, -0.2) is 4.98 Å². The summed E-state index contributed by atoms with van der Waals surface area (Å²) in [6, 6.07) is 13.5. The van der Waals surface area contributed by atoms with Gasteiger partial charge < -0.3 is 4.42 Å². The summed E-state index contributed by atoms with van der Waals surface area (Å²) in [7, 11) is 0. The fourth-order valence-electron chi connectivity index (χ4n) is 2.31. The minimum Gasteiger partial charge on any atom is -0.440 e. The van der Waals surface area contributed by atoms with E-state index >= 15 is 0 Å². The lowest BCUT2D eigenvalue weighted by Gasteiger charge is -1.98. The van der Waals surface area contributed by atoms with Gasteiger partial charge >= 0.3 is 0 Å². The van der Waals surface area contributed by atoms with Gasteiger partial charge in [0.05, 0.1) is 5.69 Å². The number of nitrogens with zero attached hydrogens (tertiary/aromatic N) is 4. The van der Waals surface area contributed by atoms with Gasteiger partial charge in [-0.3, -0.25) is 4.57 Å². The molecule has 0 aliphatic rings. The zero-order valence-corrected chi connectivity index (χ0v) is 12.2. The Balaban J connectivity index is 1.67. The number of hydrogen-bond acceptors (Lipinski definition) is 4. The van der Waals surface area contributed by atoms with Crippen LogP contribution >= 0.6 is 11.6 Å². The molecule has 0 bridgehead atoms. The van der Waals surface area contributed by atoms with Crippen LogP contribution in [0.3, 0.4) is 0 Å². The van der Waals surface area contributed by atoms with Crippen molar-refractivity contribution in [2.75, 3.05) is 0 Å². The van der Waals surface area contributed by atoms with E-state index in [4.69, 9.17) is 16.0 Å². The van der Waals surface area contributed by atoms with Crippen LogP contribution in [-0.2, 0) is 6.42 Å². The predicted molar refractivity (Wildman–Crippen MR) is 83.2 cm³/mol. The van der Waals surface area contributed by atoms with E-state index in [-0.39, 0.29) is 0 Å². The number of hydrogen-bond donors (Lipinski definition) is 0. The van der Waals surface area contributed by atoms with Crippen LogP contribution < -0.4 is 0 Å². The molecule has 5 nitrogen and oxygen atoms in total. The Labute approximate surface area is 131 Å². The molecule has 4 rings (SSSR count). The lowest BCUT2D eigenvalue weighted by molar-refractivity contribution is 0.544. The van der Waals surface area contributed by atoms with E-state index in [1.165, 1.54) is 0 Å². The highest BCUT2D eigenvalue weighted by Gasteiger charge is 2.08. The number of fused-ring (bicyclic) bond motifs is 1. The zero-order valence-electron chi connectivity index (χ0n) is 11.5. The van der Waals surface area contributed by atoms with E-state index < -0.39 is 0 Å². The Bertz CT molecular complexity index is 913. The van der Waals surface area contributed by atoms with Crippen LogP contribution in [0.2, 0.25) is 5.02 Å². The van der Waals surface area contributed by atoms with Crippen molar-refractivity contribution < 1.29 is 4.42 Å². The third-order valence-corrected chi connectivity index (χ3v) is 3.65. The lowest BCUT2D eigenvalue weighted by Crippen LogP contribution is -1.89. The van der Waals surface area contributed by atoms with Crippen molar-refractivity contribution in [1.29, 1.82) is 0 Å². The molecule has 0 amide bonds. The molecular weight excluding hydrogens is 300 g/mol. The van der Waals surface area contributed by atoms with Crippen molar-refractivity contribution in [2.24, 2.45) is 0 Å². The van der Waals surface area contributed by atoms with E-state index in [1.807, 2.05) is 47.0 Å². The molecule has 0 aliphatic carbocycles. The van der Waals surface area contributed by atoms with Crippen LogP contribution in [0.15, 0.2) is 59.5 Å². The molecule has 22 heavy (non-hydrogen) atoms. The van der Waals surface area contributed by atoms with Crippen LogP contribution in [0.5, 0.6) is 0 Å². The minimum atomic E-state index is 0.633. The van der Waals surface area contributed by atoms with Crippen molar-refractivity contribution in [2.45, 2.75) is 6.42 Å². The van der Waals surface area contributed by atoms with Gasteiger partial charge in [-0.05, 0) is 35.9 Å². The first-order valence-corrected chi connectivity index (χ1v) is 7.15. The third kappa shape index (κ3) is 2.46. The highest BCUT2D eigenvalue weighted by molar-refractivity contribution is 6.30. The van der Waals surface area contributed by atoms with Crippen molar-refractivity contribution in [3.05, 3.63) is 71.6 Å². The van der Waals surface area contributed by atoms with Crippen molar-refractivity contribution in [3.8, 4) is 5.69 Å². The summed E-state index contributed by atoms with van der Waals surface area (Å²) in [5.41, 5.74) is 3.63. The number of oxazole rings is 1. The average Bonchev–Trinajstić information content (AvgIpc) is 3.17. The number of halogens is 1. The standard InChI is InChI=1S/C16H11ClN4O/c17-12-3-1-11(2-4-12)7-16-20-14-8-13(5-6-15(14)22-16)21-9-18-19-10-21/h1-6,8-10H,7H2. The molecule has 0 radical (unpaired) electrons. The fourth-order valence-corrected chi connectivity index (χ4v) is 2.44. The molecule has 2 aromatic heterocycles. The first kappa shape index (κ1) is 13.0. The van der Waals surface area contributed by atoms with Gasteiger partial charge in [0, 0.05) is 11.4 Å². The van der Waals surface area contributed by atoms with Gasteiger partial charge in [-0.15, -0.1) is 10.2 Å². The maximum Gasteiger partial charge on any atom is 0.199 e. The third-order valence-electron chi connectivity index (χ3n) is 3.40. The van der Waals surface area contributed by atoms with Gasteiger partial charge in [0.25, 0.3) is 0 Å². The summed E-state index contributed by atoms with van der Waals surface area (Å²) in [5.74, 6) is 0.679. The van der Waals surface area contributed by atoms with Crippen LogP contribution in [0, 0.1) is 0 Å². The molecule has 0 unspecified atom stereocenters. The second-order valence-corrected chi connectivity index (χ2v) is 5.37. The van der Waals surface area contributed by atoms with Crippen LogP contribution in [0.25, 0.3) is 16.8 Å². The Kier molecular flexibility index (Phi) is 3.12. The second-order valence-electron chi connectivity index (χ2n) is 4.93. The first-order chi connectivity index (χ1) is 10.8. The van der Waals surface area contributed by atoms with E-state index in [2.05, 4.69) is 15.2 Å². The Hall–Kier alpha value is -2.66. The summed E-state index contributed by atoms with van der Waals surface area (Å²) in [6.45, 7) is 0. The minimum absolute atomic E-state index is 0.633. The quantitative estimate of drug-likeness (QED) is 0.579. The Morgan fingerprint density at radius 1 is 1.00 bits per heavy atom. The lowest BCUT2D eigenvalue weighted by atomic mass is 10.1. The molecule has 2 heterocycles. The maximum atomic E-state index is 5.89. The maximum absolute atomic E-state index is 5.89. The fraction of sp³-hybridized carbons (Fsp3) is 0.0625. The predicted octanol–water partition coefficient (Wildman–Crippen LogP) is 3.65. The van der Waals surface area contributed by atoms with E-state index in [1.54, 1.807) is 12.7 Å². The SMILES string of the molecule is Clc1ccc(Cc2nc3cc(-n4cnnc4)ccc3o2)cc1. The molecular formula is C16H11ClN4O. The number of rotatable bonds is 3. The molecule has 0 saturated heterocycles. The Morgan fingerprint density at radius 3 is 2.55 bits per heavy atom. The second kappa shape index (κ2) is 5.27. The van der Waals surface area contributed by atoms with Crippen molar-refractivity contribution in [3.63, 3.8) is 0 Å². The molecule has 2 aromatic carbocycles. The molecule has 4 aromatic rings. The summed E-state index contributed by atoms with van der Waals surface area (Å²) in [4.78, 5) is 4.55. The van der Waals surface area contributed by atoms with E-state index in [9.17, 15) is 0 Å². The Morgan fingerprint density at radius 2 is 1.77 bits per heavy atom. The molecule has 0 atom stereocenters. The first-order valence-electron chi connectivity index (χ1n) is 6.77. The summed E-state index contributed by atoms with van der Waals surface area (Å²) in [5, 5.41) is 8.33. The van der Waals surface area contributed by atoms with Crippen LogP contribution in [-0.4, -0.2) is 19.7 Å². The highest BCUT2D eigenvalue weighted by Crippen LogP contribution is 2.21. The normalized spacial score (nSPS) is 11.1. The summed E-state index contributed by atoms with van der Waals surface area (Å²) < 4.78 is 7.62. The summed E-state index contributed by atoms with van der Waals surface area (Å²) >= 11 is 5.89. The number of benzene rings is 2. The van der Waals surface area contributed by atoms with Gasteiger partial charge in [0.15, 0.2) is 11.5 Å². The molecule has 108 valence electrons. The van der Waals surface area contributed by atoms with Gasteiger partial charge in [0.1, 0.15) is 18.2 Å². The van der Waals surface area contributed by atoms with Crippen LogP contribution in [0.1, 0.15) is 11.5 Å². The van der Waals surface area contributed by atoms with E-state index in [0.717, 1.165) is 27.4 Å². The monoisotopic (exact) mass is 310 g/mol. The molecule has 0 aliphatic heterocycles. The van der Waals surface area contributed by atoms with Gasteiger partial charge in [0.2, 0.25) is 0 Å². The average molecular weight is 311 g/mol. The van der Waals surface area contributed by atoms with Crippen molar-refractivity contribution in [1.82, 2.24) is 19.7 Å². The topological polar surface area (TPSA) is 56.7 Å². The molecule has 0 saturated carbocycles. The summed E-state index contributed by atoms with van der Waals surface area (Å²) in [6.07, 6.45) is 3.93. The van der Waals surface area contributed by atoms with Crippen LogP contribution in [0.4, 0.5) is 0 Å². The highest BCUT2D eigenvalue weighted by atomic mass is 35.5. The van der Waals surface area contributed by atoms with E-state index in [0.29, 0.717) is 12.3 Å². The molecule has 6 heteroatoms. The number of aromatic nitrogens is 4. The van der Waals surface area contributed by atoms with Gasteiger partial charge in [-0.1, -0.05) is 23.7 Å². The largest absolute Gasteiger partial charge is 0.440 e. The molecule has 0 fully saturated rings.